The minimum absolute atomic E-state index is 0.674. The van der Waals surface area contributed by atoms with Gasteiger partial charge in [0.1, 0.15) is 0 Å². The Morgan fingerprint density at radius 3 is 3.08 bits per heavy atom. The summed E-state index contributed by atoms with van der Waals surface area (Å²) in [6.45, 7) is 1.72. The molecule has 4 heteroatoms. The zero-order chi connectivity index (χ0) is 8.81. The van der Waals surface area contributed by atoms with Crippen LogP contribution in [0.15, 0.2) is 16.8 Å². The third kappa shape index (κ3) is 3.99. The molecule has 0 aliphatic rings. The van der Waals surface area contributed by atoms with E-state index in [9.17, 15) is 4.21 Å². The topological polar surface area (TPSA) is 29.1 Å². The van der Waals surface area contributed by atoms with Crippen LogP contribution in [0.3, 0.4) is 0 Å². The molecule has 1 aromatic rings. The van der Waals surface area contributed by atoms with E-state index in [1.807, 2.05) is 0 Å². The highest BCUT2D eigenvalue weighted by Gasteiger charge is 1.93. The van der Waals surface area contributed by atoms with Crippen LogP contribution in [0.25, 0.3) is 0 Å². The van der Waals surface area contributed by atoms with E-state index >= 15 is 0 Å². The third-order valence-electron chi connectivity index (χ3n) is 1.48. The van der Waals surface area contributed by atoms with Gasteiger partial charge in [-0.2, -0.15) is 11.3 Å². The predicted molar refractivity (Wildman–Crippen MR) is 55.0 cm³/mol. The normalized spacial score (nSPS) is 13.1. The summed E-state index contributed by atoms with van der Waals surface area (Å²) in [4.78, 5) is 0. The Labute approximate surface area is 79.5 Å². The minimum atomic E-state index is -0.674. The van der Waals surface area contributed by atoms with Crippen LogP contribution >= 0.6 is 11.3 Å². The van der Waals surface area contributed by atoms with Crippen LogP contribution in [-0.2, 0) is 17.3 Å². The molecule has 0 aliphatic carbocycles. The van der Waals surface area contributed by atoms with E-state index in [0.717, 1.165) is 18.8 Å². The van der Waals surface area contributed by atoms with Gasteiger partial charge in [-0.25, -0.2) is 0 Å². The first-order valence-electron chi connectivity index (χ1n) is 3.81. The summed E-state index contributed by atoms with van der Waals surface area (Å²) in [6.07, 6.45) is 1.73. The van der Waals surface area contributed by atoms with Crippen molar-refractivity contribution in [1.82, 2.24) is 5.32 Å². The monoisotopic (exact) mass is 203 g/mol. The molecule has 1 aromatic heterocycles. The molecular weight excluding hydrogens is 190 g/mol. The molecule has 0 aliphatic heterocycles. The van der Waals surface area contributed by atoms with Crippen molar-refractivity contribution in [3.05, 3.63) is 22.4 Å². The number of hydrogen-bond acceptors (Lipinski definition) is 3. The molecule has 0 radical (unpaired) electrons. The zero-order valence-corrected chi connectivity index (χ0v) is 8.71. The highest BCUT2D eigenvalue weighted by Crippen LogP contribution is 2.04. The Kier molecular flexibility index (Phi) is 4.50. The first kappa shape index (κ1) is 9.89. The molecule has 1 atom stereocenters. The molecule has 0 amide bonds. The Hall–Kier alpha value is -0.190. The smallest absolute Gasteiger partial charge is 0.0357 e. The molecule has 1 N–H and O–H groups in total. The molecule has 0 bridgehead atoms. The summed E-state index contributed by atoms with van der Waals surface area (Å²) < 4.78 is 10.7. The van der Waals surface area contributed by atoms with Gasteiger partial charge in [0, 0.05) is 35.9 Å². The summed E-state index contributed by atoms with van der Waals surface area (Å²) in [5.41, 5.74) is 1.31. The van der Waals surface area contributed by atoms with Crippen LogP contribution in [0.5, 0.6) is 0 Å². The average molecular weight is 203 g/mol. The Bertz CT molecular complexity index is 233. The summed E-state index contributed by atoms with van der Waals surface area (Å²) >= 11 is 1.70. The van der Waals surface area contributed by atoms with Gasteiger partial charge in [0.2, 0.25) is 0 Å². The maximum Gasteiger partial charge on any atom is 0.0357 e. The fraction of sp³-hybridized carbons (Fsp3) is 0.500. The molecule has 0 saturated carbocycles. The van der Waals surface area contributed by atoms with E-state index in [1.165, 1.54) is 5.56 Å². The predicted octanol–water partition coefficient (Wildman–Crippen LogP) is 1.22. The SMILES string of the molecule is CS(=O)CCNCc1ccsc1. The number of rotatable bonds is 5. The van der Waals surface area contributed by atoms with Crippen molar-refractivity contribution in [1.29, 1.82) is 0 Å². The van der Waals surface area contributed by atoms with E-state index in [0.29, 0.717) is 0 Å². The van der Waals surface area contributed by atoms with Gasteiger partial charge in [-0.1, -0.05) is 0 Å². The molecule has 1 heterocycles. The first-order valence-corrected chi connectivity index (χ1v) is 6.48. The summed E-state index contributed by atoms with van der Waals surface area (Å²) in [6, 6.07) is 2.10. The molecule has 0 spiro atoms. The lowest BCUT2D eigenvalue weighted by Crippen LogP contribution is -2.19. The Balaban J connectivity index is 2.07. The highest BCUT2D eigenvalue weighted by molar-refractivity contribution is 7.84. The lowest BCUT2D eigenvalue weighted by atomic mass is 10.3. The van der Waals surface area contributed by atoms with Crippen LogP contribution in [0, 0.1) is 0 Å². The van der Waals surface area contributed by atoms with Crippen LogP contribution in [-0.4, -0.2) is 22.8 Å². The van der Waals surface area contributed by atoms with Crippen molar-refractivity contribution in [3.8, 4) is 0 Å². The second-order valence-corrected chi connectivity index (χ2v) is 4.92. The van der Waals surface area contributed by atoms with Crippen molar-refractivity contribution in [2.24, 2.45) is 0 Å². The van der Waals surface area contributed by atoms with Gasteiger partial charge in [0.25, 0.3) is 0 Å². The largest absolute Gasteiger partial charge is 0.312 e. The summed E-state index contributed by atoms with van der Waals surface area (Å²) in [7, 11) is -0.674. The van der Waals surface area contributed by atoms with Crippen molar-refractivity contribution >= 4 is 22.1 Å². The standard InChI is InChI=1S/C8H13NOS2/c1-12(10)5-3-9-6-8-2-4-11-7-8/h2,4,7,9H,3,5-6H2,1H3. The average Bonchev–Trinajstić information content (AvgIpc) is 2.49. The van der Waals surface area contributed by atoms with Gasteiger partial charge in [-0.15, -0.1) is 0 Å². The van der Waals surface area contributed by atoms with Crippen LogP contribution < -0.4 is 5.32 Å². The number of hydrogen-bond donors (Lipinski definition) is 1. The van der Waals surface area contributed by atoms with Crippen LogP contribution in [0.4, 0.5) is 0 Å². The molecule has 12 heavy (non-hydrogen) atoms. The zero-order valence-electron chi connectivity index (χ0n) is 7.08. The second-order valence-electron chi connectivity index (χ2n) is 2.59. The molecule has 1 unspecified atom stereocenters. The summed E-state index contributed by atoms with van der Waals surface area (Å²) in [5.74, 6) is 0.740. The lowest BCUT2D eigenvalue weighted by Gasteiger charge is -2.00. The molecular formula is C8H13NOS2. The van der Waals surface area contributed by atoms with Gasteiger partial charge < -0.3 is 5.32 Å². The third-order valence-corrected chi connectivity index (χ3v) is 2.99. The van der Waals surface area contributed by atoms with Gasteiger partial charge in [-0.05, 0) is 22.4 Å². The molecule has 68 valence electrons. The minimum Gasteiger partial charge on any atom is -0.312 e. The maximum atomic E-state index is 10.7. The van der Waals surface area contributed by atoms with E-state index in [-0.39, 0.29) is 0 Å². The number of nitrogens with one attached hydrogen (secondary N) is 1. The van der Waals surface area contributed by atoms with Crippen molar-refractivity contribution in [2.75, 3.05) is 18.6 Å². The fourth-order valence-electron chi connectivity index (χ4n) is 0.842. The van der Waals surface area contributed by atoms with Crippen LogP contribution in [0.1, 0.15) is 5.56 Å². The van der Waals surface area contributed by atoms with Crippen molar-refractivity contribution < 1.29 is 4.21 Å². The van der Waals surface area contributed by atoms with Crippen molar-refractivity contribution in [3.63, 3.8) is 0 Å². The summed E-state index contributed by atoms with van der Waals surface area (Å²) in [5, 5.41) is 7.42. The molecule has 0 aromatic carbocycles. The van der Waals surface area contributed by atoms with Crippen molar-refractivity contribution in [2.45, 2.75) is 6.54 Å². The lowest BCUT2D eigenvalue weighted by molar-refractivity contribution is 0.677. The van der Waals surface area contributed by atoms with Gasteiger partial charge in [-0.3, -0.25) is 4.21 Å². The first-order chi connectivity index (χ1) is 5.79. The van der Waals surface area contributed by atoms with Gasteiger partial charge >= 0.3 is 0 Å². The second kappa shape index (κ2) is 5.45. The Morgan fingerprint density at radius 2 is 2.50 bits per heavy atom. The van der Waals surface area contributed by atoms with Gasteiger partial charge in [0.05, 0.1) is 0 Å². The van der Waals surface area contributed by atoms with E-state index in [2.05, 4.69) is 22.1 Å². The van der Waals surface area contributed by atoms with E-state index in [1.54, 1.807) is 17.6 Å². The molecule has 1 rings (SSSR count). The quantitative estimate of drug-likeness (QED) is 0.729. The Morgan fingerprint density at radius 1 is 1.67 bits per heavy atom. The van der Waals surface area contributed by atoms with E-state index in [4.69, 9.17) is 0 Å². The van der Waals surface area contributed by atoms with E-state index < -0.39 is 10.8 Å². The maximum absolute atomic E-state index is 10.7. The molecule has 0 saturated heterocycles. The molecule has 0 fully saturated rings. The number of thiophene rings is 1. The van der Waals surface area contributed by atoms with Gasteiger partial charge in [0.15, 0.2) is 0 Å². The molecule has 2 nitrogen and oxygen atoms in total. The van der Waals surface area contributed by atoms with Crippen LogP contribution in [0.2, 0.25) is 0 Å². The highest BCUT2D eigenvalue weighted by atomic mass is 32.2. The fourth-order valence-corrected chi connectivity index (χ4v) is 1.94.